The van der Waals surface area contributed by atoms with Crippen molar-refractivity contribution in [2.45, 2.75) is 19.5 Å². The second-order valence-electron chi connectivity index (χ2n) is 4.75. The smallest absolute Gasteiger partial charge is 0.370 e. The van der Waals surface area contributed by atoms with Gasteiger partial charge in [-0.2, -0.15) is 13.2 Å². The van der Waals surface area contributed by atoms with Gasteiger partial charge in [0.1, 0.15) is 11.6 Å². The Labute approximate surface area is 120 Å². The van der Waals surface area contributed by atoms with Crippen LogP contribution in [0.25, 0.3) is 0 Å². The Kier molecular flexibility index (Phi) is 4.54. The minimum absolute atomic E-state index is 0.0138. The number of pyridine rings is 1. The zero-order valence-electron chi connectivity index (χ0n) is 11.6. The lowest BCUT2D eigenvalue weighted by molar-refractivity contribution is -0.137. The molecule has 0 saturated carbocycles. The van der Waals surface area contributed by atoms with Crippen molar-refractivity contribution in [1.29, 1.82) is 0 Å². The molecule has 0 aliphatic carbocycles. The van der Waals surface area contributed by atoms with Crippen molar-refractivity contribution >= 4 is 17.5 Å². The van der Waals surface area contributed by atoms with Crippen LogP contribution >= 0.6 is 0 Å². The van der Waals surface area contributed by atoms with E-state index in [9.17, 15) is 18.0 Å². The van der Waals surface area contributed by atoms with Crippen LogP contribution in [0.2, 0.25) is 0 Å². The third kappa shape index (κ3) is 3.99. The second kappa shape index (κ2) is 6.19. The Morgan fingerprint density at radius 3 is 2.86 bits per heavy atom. The summed E-state index contributed by atoms with van der Waals surface area (Å²) in [5, 5.41) is 5.47. The van der Waals surface area contributed by atoms with Crippen LogP contribution in [0.1, 0.15) is 18.9 Å². The highest BCUT2D eigenvalue weighted by atomic mass is 19.4. The fourth-order valence-electron chi connectivity index (χ4n) is 2.11. The molecule has 0 unspecified atom stereocenters. The zero-order chi connectivity index (χ0) is 15.5. The van der Waals surface area contributed by atoms with Gasteiger partial charge in [-0.15, -0.1) is 0 Å². The number of nitrogens with one attached hydrogen (secondary N) is 2. The van der Waals surface area contributed by atoms with Crippen molar-refractivity contribution in [2.24, 2.45) is 0 Å². The number of nitrogens with zero attached hydrogens (tertiary/aromatic N) is 2. The summed E-state index contributed by atoms with van der Waals surface area (Å²) in [5.41, 5.74) is -0.770. The summed E-state index contributed by atoms with van der Waals surface area (Å²) in [4.78, 5) is 17.3. The molecule has 1 aliphatic rings. The Morgan fingerprint density at radius 2 is 2.19 bits per heavy atom. The number of alkyl halides is 3. The van der Waals surface area contributed by atoms with E-state index in [1.807, 2.05) is 0 Å². The molecule has 0 bridgehead atoms. The molecule has 21 heavy (non-hydrogen) atoms. The van der Waals surface area contributed by atoms with Gasteiger partial charge in [-0.3, -0.25) is 4.79 Å². The van der Waals surface area contributed by atoms with E-state index in [1.54, 1.807) is 11.8 Å². The number of hydrogen-bond acceptors (Lipinski definition) is 4. The minimum atomic E-state index is -4.45. The number of hydrogen-bond donors (Lipinski definition) is 2. The molecule has 0 atom stereocenters. The maximum absolute atomic E-state index is 13.0. The number of amides is 1. The summed E-state index contributed by atoms with van der Waals surface area (Å²) in [6, 6.07) is 1.96. The van der Waals surface area contributed by atoms with Crippen LogP contribution < -0.4 is 15.5 Å². The Bertz CT molecular complexity index is 519. The summed E-state index contributed by atoms with van der Waals surface area (Å²) < 4.78 is 38.9. The first-order valence-electron chi connectivity index (χ1n) is 6.75. The maximum Gasteiger partial charge on any atom is 0.416 e. The number of rotatable bonds is 3. The normalized spacial score (nSPS) is 16.4. The summed E-state index contributed by atoms with van der Waals surface area (Å²) >= 11 is 0. The number of aromatic nitrogens is 1. The van der Waals surface area contributed by atoms with Gasteiger partial charge < -0.3 is 15.5 Å². The first kappa shape index (κ1) is 15.4. The van der Waals surface area contributed by atoms with Gasteiger partial charge in [-0.05, 0) is 25.5 Å². The number of carbonyl (C=O) groups is 1. The van der Waals surface area contributed by atoms with Crippen molar-refractivity contribution < 1.29 is 18.0 Å². The Hall–Kier alpha value is -1.99. The van der Waals surface area contributed by atoms with E-state index in [1.165, 1.54) is 0 Å². The topological polar surface area (TPSA) is 57.3 Å². The first-order chi connectivity index (χ1) is 9.90. The van der Waals surface area contributed by atoms with E-state index in [-0.39, 0.29) is 24.1 Å². The summed E-state index contributed by atoms with van der Waals surface area (Å²) in [6.45, 7) is 3.27. The number of halogens is 3. The van der Waals surface area contributed by atoms with Gasteiger partial charge in [0.05, 0.1) is 12.1 Å². The molecule has 1 aromatic heterocycles. The number of anilines is 2. The molecule has 1 amide bonds. The van der Waals surface area contributed by atoms with Crippen LogP contribution in [0.15, 0.2) is 12.1 Å². The highest BCUT2D eigenvalue weighted by Crippen LogP contribution is 2.33. The molecule has 0 aromatic carbocycles. The van der Waals surface area contributed by atoms with Crippen molar-refractivity contribution in [3.63, 3.8) is 0 Å². The molecular weight excluding hydrogens is 285 g/mol. The third-order valence-electron chi connectivity index (χ3n) is 3.08. The molecule has 5 nitrogen and oxygen atoms in total. The summed E-state index contributed by atoms with van der Waals surface area (Å²) in [6.07, 6.45) is -3.78. The quantitative estimate of drug-likeness (QED) is 0.895. The Balaban J connectivity index is 2.36. The molecular formula is C13H17F3N4O. The SMILES string of the molecule is CCNc1cc(C(F)(F)F)cc(N2CCCNC(=O)C2)n1. The van der Waals surface area contributed by atoms with Gasteiger partial charge in [0.15, 0.2) is 0 Å². The van der Waals surface area contributed by atoms with E-state index >= 15 is 0 Å². The molecule has 0 radical (unpaired) electrons. The van der Waals surface area contributed by atoms with E-state index in [2.05, 4.69) is 15.6 Å². The van der Waals surface area contributed by atoms with E-state index in [0.717, 1.165) is 12.1 Å². The first-order valence-corrected chi connectivity index (χ1v) is 6.75. The molecule has 0 spiro atoms. The minimum Gasteiger partial charge on any atom is -0.370 e. The van der Waals surface area contributed by atoms with Crippen molar-refractivity contribution in [3.05, 3.63) is 17.7 Å². The van der Waals surface area contributed by atoms with Crippen LogP contribution in [-0.2, 0) is 11.0 Å². The van der Waals surface area contributed by atoms with Gasteiger partial charge in [0.2, 0.25) is 5.91 Å². The van der Waals surface area contributed by atoms with Crippen LogP contribution in [0, 0.1) is 0 Å². The predicted octanol–water partition coefficient (Wildman–Crippen LogP) is 1.86. The summed E-state index contributed by atoms with van der Waals surface area (Å²) in [7, 11) is 0. The molecule has 2 heterocycles. The average molecular weight is 302 g/mol. The standard InChI is InChI=1S/C13H17F3N4O/c1-2-17-10-6-9(13(14,15)16)7-11(19-10)20-5-3-4-18-12(21)8-20/h6-7H,2-5,8H2,1H3,(H,17,19)(H,18,21). The molecule has 2 N–H and O–H groups in total. The zero-order valence-corrected chi connectivity index (χ0v) is 11.6. The maximum atomic E-state index is 13.0. The van der Waals surface area contributed by atoms with Gasteiger partial charge in [-0.1, -0.05) is 0 Å². The molecule has 1 aromatic rings. The molecule has 1 fully saturated rings. The lowest BCUT2D eigenvalue weighted by Gasteiger charge is -2.22. The fraction of sp³-hybridized carbons (Fsp3) is 0.538. The van der Waals surface area contributed by atoms with E-state index in [0.29, 0.717) is 26.1 Å². The van der Waals surface area contributed by atoms with Crippen molar-refractivity contribution in [3.8, 4) is 0 Å². The van der Waals surface area contributed by atoms with Gasteiger partial charge in [0, 0.05) is 19.6 Å². The molecule has 116 valence electrons. The van der Waals surface area contributed by atoms with Crippen LogP contribution in [0.5, 0.6) is 0 Å². The lowest BCUT2D eigenvalue weighted by Crippen LogP contribution is -2.33. The van der Waals surface area contributed by atoms with E-state index < -0.39 is 11.7 Å². The lowest BCUT2D eigenvalue weighted by atomic mass is 10.2. The Morgan fingerprint density at radius 1 is 1.43 bits per heavy atom. The largest absolute Gasteiger partial charge is 0.416 e. The molecule has 2 rings (SSSR count). The van der Waals surface area contributed by atoms with Gasteiger partial charge >= 0.3 is 6.18 Å². The molecule has 1 aliphatic heterocycles. The predicted molar refractivity (Wildman–Crippen MR) is 73.2 cm³/mol. The summed E-state index contributed by atoms with van der Waals surface area (Å²) in [5.74, 6) is 0.113. The van der Waals surface area contributed by atoms with Gasteiger partial charge in [-0.25, -0.2) is 4.98 Å². The molecule has 8 heteroatoms. The molecule has 1 saturated heterocycles. The van der Waals surface area contributed by atoms with Crippen LogP contribution in [0.3, 0.4) is 0 Å². The average Bonchev–Trinajstić information content (AvgIpc) is 2.62. The monoisotopic (exact) mass is 302 g/mol. The van der Waals surface area contributed by atoms with Crippen LogP contribution in [0.4, 0.5) is 24.8 Å². The highest BCUT2D eigenvalue weighted by molar-refractivity contribution is 5.81. The van der Waals surface area contributed by atoms with Crippen molar-refractivity contribution in [2.75, 3.05) is 36.4 Å². The third-order valence-corrected chi connectivity index (χ3v) is 3.08. The van der Waals surface area contributed by atoms with Crippen molar-refractivity contribution in [1.82, 2.24) is 10.3 Å². The van der Waals surface area contributed by atoms with Crippen LogP contribution in [-0.4, -0.2) is 37.1 Å². The van der Waals surface area contributed by atoms with Gasteiger partial charge in [0.25, 0.3) is 0 Å². The fourth-order valence-corrected chi connectivity index (χ4v) is 2.11. The van der Waals surface area contributed by atoms with E-state index in [4.69, 9.17) is 0 Å². The second-order valence-corrected chi connectivity index (χ2v) is 4.75. The highest BCUT2D eigenvalue weighted by Gasteiger charge is 2.32. The number of carbonyl (C=O) groups excluding carboxylic acids is 1.